The maximum Gasteiger partial charge on any atom is 0.252 e. The van der Waals surface area contributed by atoms with Gasteiger partial charge in [-0.15, -0.1) is 0 Å². The van der Waals surface area contributed by atoms with Crippen LogP contribution in [0.5, 0.6) is 5.75 Å². The Bertz CT molecular complexity index is 932. The highest BCUT2D eigenvalue weighted by atomic mass is 16.5. The fraction of sp³-hybridized carbons (Fsp3) is 0.217. The van der Waals surface area contributed by atoms with Gasteiger partial charge in [0.1, 0.15) is 11.6 Å². The molecule has 28 heavy (non-hydrogen) atoms. The van der Waals surface area contributed by atoms with Crippen molar-refractivity contribution in [3.63, 3.8) is 0 Å². The van der Waals surface area contributed by atoms with Crippen LogP contribution in [-0.4, -0.2) is 24.5 Å². The molecule has 0 bridgehead atoms. The summed E-state index contributed by atoms with van der Waals surface area (Å²) in [4.78, 5) is 16.7. The van der Waals surface area contributed by atoms with Crippen LogP contribution in [0.4, 0.5) is 11.5 Å². The Morgan fingerprint density at radius 3 is 2.43 bits per heavy atom. The third-order valence-electron chi connectivity index (χ3n) is 4.63. The van der Waals surface area contributed by atoms with Crippen molar-refractivity contribution < 1.29 is 9.53 Å². The van der Waals surface area contributed by atoms with Crippen molar-refractivity contribution in [2.75, 3.05) is 19.0 Å². The van der Waals surface area contributed by atoms with Gasteiger partial charge in [-0.05, 0) is 55.2 Å². The molecule has 1 aromatic heterocycles. The minimum absolute atomic E-state index is 0.138. The predicted octanol–water partition coefficient (Wildman–Crippen LogP) is 4.42. The Labute approximate surface area is 165 Å². The molecule has 0 radical (unpaired) electrons. The summed E-state index contributed by atoms with van der Waals surface area (Å²) < 4.78 is 5.34. The molecule has 5 nitrogen and oxygen atoms in total. The van der Waals surface area contributed by atoms with Gasteiger partial charge >= 0.3 is 0 Å². The largest absolute Gasteiger partial charge is 0.496 e. The third kappa shape index (κ3) is 4.68. The number of hydrogen-bond acceptors (Lipinski definition) is 4. The van der Waals surface area contributed by atoms with E-state index in [1.165, 1.54) is 0 Å². The zero-order valence-electron chi connectivity index (χ0n) is 16.5. The molecule has 1 amide bonds. The number of pyridine rings is 1. The molecule has 0 saturated carbocycles. The molecule has 3 rings (SSSR count). The number of rotatable bonds is 7. The van der Waals surface area contributed by atoms with Gasteiger partial charge in [-0.3, -0.25) is 4.79 Å². The second-order valence-electron chi connectivity index (χ2n) is 6.64. The lowest BCUT2D eigenvalue weighted by Crippen LogP contribution is -2.25. The SMILES string of the molecule is COc1ccccc1CCNC(=O)c1ccc(Nc2c(C)cccc2C)nc1. The number of ether oxygens (including phenoxy) is 1. The number of benzene rings is 2. The molecule has 0 fully saturated rings. The maximum atomic E-state index is 12.4. The molecular weight excluding hydrogens is 350 g/mol. The molecule has 2 N–H and O–H groups in total. The number of para-hydroxylation sites is 2. The van der Waals surface area contributed by atoms with E-state index in [9.17, 15) is 4.79 Å². The second kappa shape index (κ2) is 9.04. The Hall–Kier alpha value is -3.34. The zero-order chi connectivity index (χ0) is 19.9. The fourth-order valence-electron chi connectivity index (χ4n) is 3.06. The van der Waals surface area contributed by atoms with Crippen LogP contribution in [0.25, 0.3) is 0 Å². The van der Waals surface area contributed by atoms with Crippen molar-refractivity contribution in [2.24, 2.45) is 0 Å². The number of carbonyl (C=O) groups excluding carboxylic acids is 1. The number of aryl methyl sites for hydroxylation is 2. The molecule has 0 aliphatic carbocycles. The van der Waals surface area contributed by atoms with E-state index in [-0.39, 0.29) is 5.91 Å². The second-order valence-corrected chi connectivity index (χ2v) is 6.64. The first-order valence-electron chi connectivity index (χ1n) is 9.28. The highest BCUT2D eigenvalue weighted by molar-refractivity contribution is 5.94. The van der Waals surface area contributed by atoms with Crippen LogP contribution in [-0.2, 0) is 6.42 Å². The quantitative estimate of drug-likeness (QED) is 0.641. The van der Waals surface area contributed by atoms with Crippen LogP contribution in [0.15, 0.2) is 60.8 Å². The highest BCUT2D eigenvalue weighted by Gasteiger charge is 2.08. The van der Waals surface area contributed by atoms with Gasteiger partial charge in [-0.1, -0.05) is 36.4 Å². The van der Waals surface area contributed by atoms with Gasteiger partial charge in [-0.25, -0.2) is 4.98 Å². The van der Waals surface area contributed by atoms with Crippen molar-refractivity contribution in [1.29, 1.82) is 0 Å². The molecule has 0 spiro atoms. The van der Waals surface area contributed by atoms with Crippen LogP contribution >= 0.6 is 0 Å². The Morgan fingerprint density at radius 1 is 1.00 bits per heavy atom. The first kappa shape index (κ1) is 19.4. The van der Waals surface area contributed by atoms with Gasteiger partial charge in [0.05, 0.1) is 12.7 Å². The topological polar surface area (TPSA) is 63.2 Å². The van der Waals surface area contributed by atoms with E-state index in [0.29, 0.717) is 24.3 Å². The minimum atomic E-state index is -0.138. The summed E-state index contributed by atoms with van der Waals surface area (Å²) in [6, 6.07) is 17.6. The molecule has 0 atom stereocenters. The van der Waals surface area contributed by atoms with E-state index in [4.69, 9.17) is 4.74 Å². The molecule has 0 aliphatic rings. The summed E-state index contributed by atoms with van der Waals surface area (Å²) >= 11 is 0. The molecule has 5 heteroatoms. The fourth-order valence-corrected chi connectivity index (χ4v) is 3.06. The Morgan fingerprint density at radius 2 is 1.75 bits per heavy atom. The van der Waals surface area contributed by atoms with Crippen LogP contribution < -0.4 is 15.4 Å². The van der Waals surface area contributed by atoms with E-state index >= 15 is 0 Å². The number of hydrogen-bond donors (Lipinski definition) is 2. The number of aromatic nitrogens is 1. The van der Waals surface area contributed by atoms with E-state index in [1.54, 1.807) is 19.4 Å². The monoisotopic (exact) mass is 375 g/mol. The number of anilines is 2. The van der Waals surface area contributed by atoms with E-state index < -0.39 is 0 Å². The van der Waals surface area contributed by atoms with Crippen LogP contribution in [0, 0.1) is 13.8 Å². The first-order chi connectivity index (χ1) is 13.6. The number of nitrogens with zero attached hydrogens (tertiary/aromatic N) is 1. The standard InChI is InChI=1S/C23H25N3O2/c1-16-7-6-8-17(2)22(16)26-21-12-11-19(15-25-21)23(27)24-14-13-18-9-4-5-10-20(18)28-3/h4-12,15H,13-14H2,1-3H3,(H,24,27)(H,25,26). The lowest BCUT2D eigenvalue weighted by molar-refractivity contribution is 0.0953. The maximum absolute atomic E-state index is 12.4. The minimum Gasteiger partial charge on any atom is -0.496 e. The summed E-state index contributed by atoms with van der Waals surface area (Å²) in [7, 11) is 1.65. The van der Waals surface area contributed by atoms with Crippen molar-refractivity contribution in [1.82, 2.24) is 10.3 Å². The van der Waals surface area contributed by atoms with E-state index in [2.05, 4.69) is 41.6 Å². The normalized spacial score (nSPS) is 10.4. The van der Waals surface area contributed by atoms with Gasteiger partial charge in [0.2, 0.25) is 0 Å². The average molecular weight is 375 g/mol. The van der Waals surface area contributed by atoms with Gasteiger partial charge in [0.15, 0.2) is 0 Å². The summed E-state index contributed by atoms with van der Waals surface area (Å²) in [6.45, 7) is 4.64. The predicted molar refractivity (Wildman–Crippen MR) is 112 cm³/mol. The Kier molecular flexibility index (Phi) is 6.27. The van der Waals surface area contributed by atoms with Crippen molar-refractivity contribution in [3.05, 3.63) is 83.0 Å². The van der Waals surface area contributed by atoms with Gasteiger partial charge < -0.3 is 15.4 Å². The van der Waals surface area contributed by atoms with Crippen LogP contribution in [0.1, 0.15) is 27.0 Å². The highest BCUT2D eigenvalue weighted by Crippen LogP contribution is 2.23. The first-order valence-corrected chi connectivity index (χ1v) is 9.28. The van der Waals surface area contributed by atoms with E-state index in [1.807, 2.05) is 36.4 Å². The molecule has 1 heterocycles. The average Bonchev–Trinajstić information content (AvgIpc) is 2.71. The zero-order valence-corrected chi connectivity index (χ0v) is 16.5. The molecular formula is C23H25N3O2. The van der Waals surface area contributed by atoms with Crippen molar-refractivity contribution >= 4 is 17.4 Å². The van der Waals surface area contributed by atoms with E-state index in [0.717, 1.165) is 28.1 Å². The van der Waals surface area contributed by atoms with Crippen LogP contribution in [0.3, 0.4) is 0 Å². The number of methoxy groups -OCH3 is 1. The van der Waals surface area contributed by atoms with Gasteiger partial charge in [0, 0.05) is 18.4 Å². The molecule has 0 unspecified atom stereocenters. The molecule has 144 valence electrons. The number of amides is 1. The summed E-state index contributed by atoms with van der Waals surface area (Å²) in [6.07, 6.45) is 2.30. The van der Waals surface area contributed by atoms with Gasteiger partial charge in [0.25, 0.3) is 5.91 Å². The lowest BCUT2D eigenvalue weighted by Gasteiger charge is -2.12. The summed E-state index contributed by atoms with van der Waals surface area (Å²) in [5.74, 6) is 1.41. The van der Waals surface area contributed by atoms with Crippen LogP contribution in [0.2, 0.25) is 0 Å². The van der Waals surface area contributed by atoms with Crippen molar-refractivity contribution in [2.45, 2.75) is 20.3 Å². The molecule has 0 saturated heterocycles. The Balaban J connectivity index is 1.58. The summed E-state index contributed by atoms with van der Waals surface area (Å²) in [5.41, 5.74) is 4.95. The number of carbonyl (C=O) groups is 1. The molecule has 0 aliphatic heterocycles. The van der Waals surface area contributed by atoms with Gasteiger partial charge in [-0.2, -0.15) is 0 Å². The summed E-state index contributed by atoms with van der Waals surface area (Å²) in [5, 5.41) is 6.26. The lowest BCUT2D eigenvalue weighted by atomic mass is 10.1. The molecule has 2 aromatic carbocycles. The third-order valence-corrected chi connectivity index (χ3v) is 4.63. The molecule has 3 aromatic rings. The van der Waals surface area contributed by atoms with Crippen molar-refractivity contribution in [3.8, 4) is 5.75 Å². The number of nitrogens with one attached hydrogen (secondary N) is 2. The smallest absolute Gasteiger partial charge is 0.252 e.